The summed E-state index contributed by atoms with van der Waals surface area (Å²) in [5.74, 6) is -2.23. The summed E-state index contributed by atoms with van der Waals surface area (Å²) < 4.78 is 0. The minimum atomic E-state index is -1.20. The molecular formula is C22H34N4O6. The molecule has 2 rings (SSSR count). The molecule has 0 aromatic heterocycles. The summed E-state index contributed by atoms with van der Waals surface area (Å²) in [6, 6.07) is -1.47. The van der Waals surface area contributed by atoms with Crippen molar-refractivity contribution < 1.29 is 28.8 Å². The molecule has 10 nitrogen and oxygen atoms in total. The van der Waals surface area contributed by atoms with Crippen molar-refractivity contribution in [2.75, 3.05) is 0 Å². The van der Waals surface area contributed by atoms with Gasteiger partial charge >= 0.3 is 12.1 Å². The molecule has 2 atom stereocenters. The maximum Gasteiger partial charge on any atom is 0.328 e. The van der Waals surface area contributed by atoms with Gasteiger partial charge in [-0.3, -0.25) is 40.4 Å². The van der Waals surface area contributed by atoms with Crippen LogP contribution in [0.3, 0.4) is 0 Å². The van der Waals surface area contributed by atoms with Crippen molar-refractivity contribution in [3.63, 3.8) is 0 Å². The van der Waals surface area contributed by atoms with Crippen molar-refractivity contribution in [1.29, 1.82) is 0 Å². The summed E-state index contributed by atoms with van der Waals surface area (Å²) in [5.41, 5.74) is -2.30. The SMILES string of the molecule is C=CCC1(C(C)CCC)C(=O)NC(=O)NC1=O.CCC(C)C1(CC)C(=O)NC(=O)NC1=O. The molecule has 0 aromatic rings. The highest BCUT2D eigenvalue weighted by atomic mass is 16.2. The molecule has 0 aliphatic carbocycles. The van der Waals surface area contributed by atoms with Gasteiger partial charge in [0.2, 0.25) is 23.6 Å². The minimum absolute atomic E-state index is 0.0874. The number of rotatable bonds is 8. The molecule has 2 unspecified atom stereocenters. The smallest absolute Gasteiger partial charge is 0.277 e. The van der Waals surface area contributed by atoms with Crippen molar-refractivity contribution in [2.24, 2.45) is 22.7 Å². The maximum absolute atomic E-state index is 12.0. The molecule has 2 heterocycles. The quantitative estimate of drug-likeness (QED) is 0.329. The molecule has 0 aromatic carbocycles. The molecule has 2 saturated heterocycles. The predicted molar refractivity (Wildman–Crippen MR) is 117 cm³/mol. The van der Waals surface area contributed by atoms with Gasteiger partial charge in [0.25, 0.3) is 0 Å². The average molecular weight is 451 g/mol. The lowest BCUT2D eigenvalue weighted by molar-refractivity contribution is -0.150. The summed E-state index contributed by atoms with van der Waals surface area (Å²) in [4.78, 5) is 69.6. The molecule has 32 heavy (non-hydrogen) atoms. The number of nitrogens with one attached hydrogen (secondary N) is 4. The van der Waals surface area contributed by atoms with Gasteiger partial charge in [-0.15, -0.1) is 6.58 Å². The van der Waals surface area contributed by atoms with Crippen LogP contribution in [0.2, 0.25) is 0 Å². The van der Waals surface area contributed by atoms with Crippen LogP contribution in [-0.2, 0) is 19.2 Å². The van der Waals surface area contributed by atoms with E-state index in [1.807, 2.05) is 27.7 Å². The van der Waals surface area contributed by atoms with Crippen LogP contribution in [0, 0.1) is 22.7 Å². The van der Waals surface area contributed by atoms with Crippen molar-refractivity contribution in [1.82, 2.24) is 21.3 Å². The molecule has 4 N–H and O–H groups in total. The Morgan fingerprint density at radius 1 is 0.750 bits per heavy atom. The third-order valence-electron chi connectivity index (χ3n) is 6.57. The molecule has 0 bridgehead atoms. The van der Waals surface area contributed by atoms with Crippen LogP contribution >= 0.6 is 0 Å². The number of carbonyl (C=O) groups excluding carboxylic acids is 6. The summed E-state index contributed by atoms with van der Waals surface area (Å²) in [5, 5.41) is 8.65. The molecule has 8 amide bonds. The maximum atomic E-state index is 12.0. The Bertz CT molecular complexity index is 766. The third kappa shape index (κ3) is 4.89. The van der Waals surface area contributed by atoms with E-state index < -0.39 is 46.5 Å². The standard InChI is InChI=1S/C12H18N2O3.C10H16N2O3/c1-4-6-8(3)12(7-5-2)9(15)13-11(17)14-10(12)16;1-4-6(3)10(5-2)7(13)11-9(15)12-8(10)14/h5,8H,2,4,6-7H2,1,3H3,(H2,13,14,15,16,17);6H,4-5H2,1-3H3,(H2,11,12,13,14,15). The van der Waals surface area contributed by atoms with Gasteiger partial charge in [-0.05, 0) is 31.1 Å². The van der Waals surface area contributed by atoms with Crippen LogP contribution in [0.5, 0.6) is 0 Å². The molecule has 10 heteroatoms. The Kier molecular flexibility index (Phi) is 9.29. The molecule has 2 fully saturated rings. The first-order valence-electron chi connectivity index (χ1n) is 10.9. The largest absolute Gasteiger partial charge is 0.328 e. The Morgan fingerprint density at radius 3 is 1.47 bits per heavy atom. The number of carbonyl (C=O) groups is 6. The fourth-order valence-corrected chi connectivity index (χ4v) is 4.33. The third-order valence-corrected chi connectivity index (χ3v) is 6.57. The average Bonchev–Trinajstić information content (AvgIpc) is 2.71. The highest BCUT2D eigenvalue weighted by Gasteiger charge is 2.53. The zero-order valence-electron chi connectivity index (χ0n) is 19.4. The van der Waals surface area contributed by atoms with Crippen molar-refractivity contribution in [3.05, 3.63) is 12.7 Å². The molecule has 0 spiro atoms. The molecule has 0 saturated carbocycles. The van der Waals surface area contributed by atoms with Gasteiger partial charge < -0.3 is 0 Å². The van der Waals surface area contributed by atoms with Gasteiger partial charge in [0, 0.05) is 0 Å². The zero-order valence-corrected chi connectivity index (χ0v) is 19.4. The summed E-state index contributed by atoms with van der Waals surface area (Å²) >= 11 is 0. The second kappa shape index (κ2) is 11.0. The second-order valence-corrected chi connectivity index (χ2v) is 8.26. The van der Waals surface area contributed by atoms with E-state index >= 15 is 0 Å². The molecule has 2 aliphatic rings. The fraction of sp³-hybridized carbons (Fsp3) is 0.636. The van der Waals surface area contributed by atoms with E-state index in [2.05, 4.69) is 27.8 Å². The van der Waals surface area contributed by atoms with E-state index in [1.165, 1.54) is 0 Å². The monoisotopic (exact) mass is 450 g/mol. The minimum Gasteiger partial charge on any atom is -0.277 e. The first-order valence-corrected chi connectivity index (χ1v) is 10.9. The van der Waals surface area contributed by atoms with E-state index in [-0.39, 0.29) is 18.3 Å². The first-order chi connectivity index (χ1) is 15.0. The van der Waals surface area contributed by atoms with Gasteiger partial charge in [-0.1, -0.05) is 53.5 Å². The molecule has 2 aliphatic heterocycles. The normalized spacial score (nSPS) is 21.2. The van der Waals surface area contributed by atoms with E-state index in [1.54, 1.807) is 13.0 Å². The molecule has 0 radical (unpaired) electrons. The van der Waals surface area contributed by atoms with E-state index in [4.69, 9.17) is 0 Å². The Hall–Kier alpha value is -3.04. The van der Waals surface area contributed by atoms with Crippen molar-refractivity contribution in [3.8, 4) is 0 Å². The molecule has 178 valence electrons. The van der Waals surface area contributed by atoms with Crippen LogP contribution in [0.25, 0.3) is 0 Å². The Morgan fingerprint density at radius 2 is 1.16 bits per heavy atom. The lowest BCUT2D eigenvalue weighted by Crippen LogP contribution is -2.64. The number of amides is 8. The number of urea groups is 2. The van der Waals surface area contributed by atoms with Gasteiger partial charge in [0.15, 0.2) is 0 Å². The second-order valence-electron chi connectivity index (χ2n) is 8.26. The Balaban J connectivity index is 0.000000323. The lowest BCUT2D eigenvalue weighted by atomic mass is 9.69. The van der Waals surface area contributed by atoms with Crippen LogP contribution in [0.15, 0.2) is 12.7 Å². The fourth-order valence-electron chi connectivity index (χ4n) is 4.33. The summed E-state index contributed by atoms with van der Waals surface area (Å²) in [6.45, 7) is 13.0. The van der Waals surface area contributed by atoms with Gasteiger partial charge in [0.1, 0.15) is 10.8 Å². The Labute approximate surface area is 188 Å². The summed E-state index contributed by atoms with van der Waals surface area (Å²) in [7, 11) is 0. The first kappa shape index (κ1) is 27.0. The predicted octanol–water partition coefficient (Wildman–Crippen LogP) is 2.15. The zero-order chi connectivity index (χ0) is 24.7. The van der Waals surface area contributed by atoms with Gasteiger partial charge in [-0.25, -0.2) is 9.59 Å². The van der Waals surface area contributed by atoms with Crippen LogP contribution in [0.4, 0.5) is 9.59 Å². The van der Waals surface area contributed by atoms with Gasteiger partial charge in [0.05, 0.1) is 0 Å². The van der Waals surface area contributed by atoms with Crippen LogP contribution in [-0.4, -0.2) is 35.7 Å². The van der Waals surface area contributed by atoms with Crippen LogP contribution < -0.4 is 21.3 Å². The number of hydrogen-bond acceptors (Lipinski definition) is 6. The van der Waals surface area contributed by atoms with E-state index in [0.717, 1.165) is 12.8 Å². The highest BCUT2D eigenvalue weighted by Crippen LogP contribution is 2.37. The highest BCUT2D eigenvalue weighted by molar-refractivity contribution is 6.20. The topological polar surface area (TPSA) is 151 Å². The van der Waals surface area contributed by atoms with E-state index in [9.17, 15) is 28.8 Å². The van der Waals surface area contributed by atoms with E-state index in [0.29, 0.717) is 12.8 Å². The number of hydrogen-bond donors (Lipinski definition) is 4. The van der Waals surface area contributed by atoms with Crippen molar-refractivity contribution in [2.45, 2.75) is 66.7 Å². The van der Waals surface area contributed by atoms with Crippen molar-refractivity contribution >= 4 is 35.7 Å². The summed E-state index contributed by atoms with van der Waals surface area (Å²) in [6.07, 6.45) is 4.49. The number of allylic oxidation sites excluding steroid dienone is 1. The number of imide groups is 4. The molecular weight excluding hydrogens is 416 g/mol. The van der Waals surface area contributed by atoms with Gasteiger partial charge in [-0.2, -0.15) is 0 Å². The lowest BCUT2D eigenvalue weighted by Gasteiger charge is -2.37. The van der Waals surface area contributed by atoms with Crippen LogP contribution in [0.1, 0.15) is 66.7 Å². The number of barbiturate groups is 2.